The fourth-order valence-electron chi connectivity index (χ4n) is 7.07. The van der Waals surface area contributed by atoms with Crippen molar-refractivity contribution in [2.75, 3.05) is 0 Å². The molecule has 0 atom stereocenters. The quantitative estimate of drug-likeness (QED) is 0.125. The Morgan fingerprint density at radius 2 is 0.804 bits per heavy atom. The molecule has 0 fully saturated rings. The third-order valence-electron chi connectivity index (χ3n) is 8.89. The van der Waals surface area contributed by atoms with Gasteiger partial charge in [-0.05, 0) is 10.8 Å². The predicted molar refractivity (Wildman–Crippen MR) is 202 cm³/mol. The fourth-order valence-corrected chi connectivity index (χ4v) is 11.2. The van der Waals surface area contributed by atoms with E-state index < -0.39 is 8.07 Å². The third kappa shape index (κ3) is 6.57. The van der Waals surface area contributed by atoms with Crippen LogP contribution in [0.5, 0.6) is 0 Å². The molecule has 0 unspecified atom stereocenters. The van der Waals surface area contributed by atoms with Gasteiger partial charge in [-0.3, -0.25) is 0 Å². The van der Waals surface area contributed by atoms with Gasteiger partial charge in [0.2, 0.25) is 0 Å². The average Bonchev–Trinajstić information content (AvgIpc) is 3.59. The van der Waals surface area contributed by atoms with Crippen LogP contribution in [0.25, 0.3) is 43.1 Å². The molecule has 0 radical (unpaired) electrons. The van der Waals surface area contributed by atoms with E-state index in [0.717, 1.165) is 11.1 Å². The molecule has 0 saturated carbocycles. The summed E-state index contributed by atoms with van der Waals surface area (Å²) in [6.07, 6.45) is 0. The van der Waals surface area contributed by atoms with Crippen LogP contribution >= 0.6 is 0 Å². The summed E-state index contributed by atoms with van der Waals surface area (Å²) < 4.78 is 0. The van der Waals surface area contributed by atoms with E-state index in [-0.39, 0.29) is 26.2 Å². The Labute approximate surface area is 294 Å². The van der Waals surface area contributed by atoms with Crippen molar-refractivity contribution in [3.8, 4) is 0 Å². The van der Waals surface area contributed by atoms with Crippen molar-refractivity contribution in [3.05, 3.63) is 182 Å². The molecule has 0 spiro atoms. The van der Waals surface area contributed by atoms with Crippen molar-refractivity contribution >= 4 is 61.5 Å². The summed E-state index contributed by atoms with van der Waals surface area (Å²) in [6.45, 7) is 17.2. The number of aryl methyl sites for hydroxylation is 2. The SMILES string of the molecule is Cc1[cH-]c2ccc3ccccc3c2c1[Si](C)(C)c1c(C)[cH-]c2ccc3ccccc3c12.[CH2-]c1ccccc1.[CH2-]c1ccccc1.[Zr+4]. The molecule has 0 N–H and O–H groups in total. The summed E-state index contributed by atoms with van der Waals surface area (Å²) in [7, 11) is -2.00. The van der Waals surface area contributed by atoms with Crippen molar-refractivity contribution in [1.82, 2.24) is 0 Å². The Balaban J connectivity index is 0.000000230. The van der Waals surface area contributed by atoms with Crippen molar-refractivity contribution in [2.24, 2.45) is 0 Å². The average molecular weight is 688 g/mol. The molecule has 0 aliphatic carbocycles. The van der Waals surface area contributed by atoms with E-state index in [1.807, 2.05) is 60.7 Å². The maximum atomic E-state index is 3.72. The van der Waals surface area contributed by atoms with E-state index in [0.29, 0.717) is 0 Å². The second-order valence-electron chi connectivity index (χ2n) is 12.5. The van der Waals surface area contributed by atoms with Crippen LogP contribution in [0, 0.1) is 27.7 Å². The molecular weight excluding hydrogens is 648 g/mol. The van der Waals surface area contributed by atoms with Gasteiger partial charge in [0.25, 0.3) is 0 Å². The Hall–Kier alpha value is -4.10. The van der Waals surface area contributed by atoms with Gasteiger partial charge in [0.05, 0.1) is 0 Å². The summed E-state index contributed by atoms with van der Waals surface area (Å²) >= 11 is 0. The van der Waals surface area contributed by atoms with Gasteiger partial charge in [-0.2, -0.15) is 59.6 Å². The minimum atomic E-state index is -2.00. The molecule has 0 aromatic heterocycles. The van der Waals surface area contributed by atoms with E-state index in [1.54, 1.807) is 10.4 Å². The van der Waals surface area contributed by atoms with Crippen LogP contribution in [0.15, 0.2) is 146 Å². The first-order chi connectivity index (χ1) is 21.8. The zero-order valence-corrected chi connectivity index (χ0v) is 30.7. The van der Waals surface area contributed by atoms with Gasteiger partial charge in [-0.25, -0.2) is 0 Å². The summed E-state index contributed by atoms with van der Waals surface area (Å²) in [5, 5.41) is 14.4. The molecule has 224 valence electrons. The smallest absolute Gasteiger partial charge is 0.199 e. The first-order valence-electron chi connectivity index (χ1n) is 15.7. The largest absolute Gasteiger partial charge is 4.00 e. The topological polar surface area (TPSA) is 0 Å². The summed E-state index contributed by atoms with van der Waals surface area (Å²) in [5.41, 5.74) is 5.03. The molecule has 46 heavy (non-hydrogen) atoms. The fraction of sp³-hybridized carbons (Fsp3) is 0.0909. The Bertz CT molecular complexity index is 2060. The van der Waals surface area contributed by atoms with E-state index in [9.17, 15) is 0 Å². The van der Waals surface area contributed by atoms with Crippen molar-refractivity contribution in [2.45, 2.75) is 26.9 Å². The van der Waals surface area contributed by atoms with Gasteiger partial charge >= 0.3 is 26.2 Å². The van der Waals surface area contributed by atoms with E-state index in [2.05, 4.69) is 126 Å². The predicted octanol–water partition coefficient (Wildman–Crippen LogP) is 10.9. The maximum Gasteiger partial charge on any atom is 4.00 e. The number of hydrogen-bond acceptors (Lipinski definition) is 0. The van der Waals surface area contributed by atoms with Gasteiger partial charge in [-0.1, -0.05) is 111 Å². The molecule has 0 heterocycles. The molecule has 0 saturated heterocycles. The molecule has 0 amide bonds. The molecule has 8 rings (SSSR count). The molecule has 0 bridgehead atoms. The number of rotatable bonds is 2. The Kier molecular flexibility index (Phi) is 10.2. The molecule has 0 aliphatic rings. The monoisotopic (exact) mass is 686 g/mol. The van der Waals surface area contributed by atoms with Gasteiger partial charge in [0.15, 0.2) is 0 Å². The molecule has 0 nitrogen and oxygen atoms in total. The van der Waals surface area contributed by atoms with E-state index in [4.69, 9.17) is 0 Å². The van der Waals surface area contributed by atoms with Crippen molar-refractivity contribution < 1.29 is 26.2 Å². The summed E-state index contributed by atoms with van der Waals surface area (Å²) in [6, 6.07) is 51.5. The third-order valence-corrected chi connectivity index (χ3v) is 12.7. The normalized spacial score (nSPS) is 11.0. The van der Waals surface area contributed by atoms with Gasteiger partial charge < -0.3 is 0 Å². The zero-order chi connectivity index (χ0) is 31.6. The second-order valence-corrected chi connectivity index (χ2v) is 16.8. The maximum absolute atomic E-state index is 3.72. The number of hydrogen-bond donors (Lipinski definition) is 0. The van der Waals surface area contributed by atoms with E-state index in [1.165, 1.54) is 54.2 Å². The Morgan fingerprint density at radius 1 is 0.457 bits per heavy atom. The first kappa shape index (κ1) is 33.3. The molecule has 0 aliphatic heterocycles. The summed E-state index contributed by atoms with van der Waals surface area (Å²) in [4.78, 5) is 0. The molecular formula is C44H40SiZr. The minimum absolute atomic E-state index is 0. The van der Waals surface area contributed by atoms with Crippen molar-refractivity contribution in [3.63, 3.8) is 0 Å². The van der Waals surface area contributed by atoms with Crippen LogP contribution in [0.3, 0.4) is 0 Å². The molecule has 8 aromatic rings. The number of fused-ring (bicyclic) bond motifs is 6. The molecule has 2 heteroatoms. The van der Waals surface area contributed by atoms with Crippen molar-refractivity contribution in [1.29, 1.82) is 0 Å². The van der Waals surface area contributed by atoms with Crippen LogP contribution in [-0.4, -0.2) is 8.07 Å². The summed E-state index contributed by atoms with van der Waals surface area (Å²) in [5.74, 6) is 0. The standard InChI is InChI=1S/C30H26Si.2C7H7.Zr/c1-19-17-23-15-13-21-9-5-7-11-25(21)27(23)29(19)31(3,4)30-20(2)18-24-16-14-22-10-6-8-12-26(22)28(24)30;2*1-7-5-3-2-4-6-7;/h5-18H,1-4H3;2*2-6H,1H2;/q-2;2*-1;+4. The van der Waals surface area contributed by atoms with Gasteiger partial charge in [0, 0.05) is 8.07 Å². The van der Waals surface area contributed by atoms with Crippen LogP contribution in [0.1, 0.15) is 22.3 Å². The molecule has 8 aromatic carbocycles. The second kappa shape index (κ2) is 14.1. The minimum Gasteiger partial charge on any atom is -0.199 e. The van der Waals surface area contributed by atoms with Crippen LogP contribution < -0.4 is 10.4 Å². The van der Waals surface area contributed by atoms with Crippen LogP contribution in [0.4, 0.5) is 0 Å². The van der Waals surface area contributed by atoms with Crippen LogP contribution in [0.2, 0.25) is 13.1 Å². The van der Waals surface area contributed by atoms with Gasteiger partial charge in [0.1, 0.15) is 0 Å². The zero-order valence-electron chi connectivity index (χ0n) is 27.3. The van der Waals surface area contributed by atoms with E-state index >= 15 is 0 Å². The Morgan fingerprint density at radius 3 is 1.15 bits per heavy atom. The first-order valence-corrected chi connectivity index (χ1v) is 18.7. The van der Waals surface area contributed by atoms with Crippen LogP contribution in [-0.2, 0) is 26.2 Å². The van der Waals surface area contributed by atoms with Gasteiger partial charge in [-0.15, -0.1) is 81.2 Å². The number of benzene rings is 6.